The van der Waals surface area contributed by atoms with E-state index in [1.807, 2.05) is 0 Å². The van der Waals surface area contributed by atoms with Crippen LogP contribution in [-0.4, -0.2) is 27.0 Å². The van der Waals surface area contributed by atoms with Gasteiger partial charge in [0.15, 0.2) is 5.11 Å². The molecule has 0 bridgehead atoms. The van der Waals surface area contributed by atoms with Crippen LogP contribution in [0, 0.1) is 10.1 Å². The summed E-state index contributed by atoms with van der Waals surface area (Å²) >= 11 is 8.19. The molecule has 2 aromatic rings. The Morgan fingerprint density at radius 2 is 1.96 bits per heavy atom. The number of non-ortho nitro benzene ring substituents is 1. The standard InChI is InChI=1S/C17H12BrN3O5S/c18-11-5-6-14(13(9-11)16(23)24)19-17(27)20-15(22)7-4-10-2-1-3-12(8-10)21(25)26/h1-9H,(H,23,24)(H2,19,20,22,27)/b7-4+. The third-order valence-corrected chi connectivity index (χ3v) is 3.90. The van der Waals surface area contributed by atoms with Gasteiger partial charge in [-0.25, -0.2) is 4.79 Å². The Morgan fingerprint density at radius 1 is 1.22 bits per heavy atom. The monoisotopic (exact) mass is 449 g/mol. The molecule has 0 aromatic heterocycles. The summed E-state index contributed by atoms with van der Waals surface area (Å²) in [4.78, 5) is 33.4. The minimum Gasteiger partial charge on any atom is -0.478 e. The van der Waals surface area contributed by atoms with Gasteiger partial charge in [0.05, 0.1) is 16.2 Å². The van der Waals surface area contributed by atoms with Gasteiger partial charge in [0.1, 0.15) is 0 Å². The molecule has 2 rings (SSSR count). The minimum atomic E-state index is -1.15. The van der Waals surface area contributed by atoms with Crippen LogP contribution in [0.1, 0.15) is 15.9 Å². The molecule has 3 N–H and O–H groups in total. The number of nitro benzene ring substituents is 1. The lowest BCUT2D eigenvalue weighted by Crippen LogP contribution is -2.33. The summed E-state index contributed by atoms with van der Waals surface area (Å²) in [5.74, 6) is -1.73. The lowest BCUT2D eigenvalue weighted by atomic mass is 10.2. The number of rotatable bonds is 5. The fraction of sp³-hybridized carbons (Fsp3) is 0. The van der Waals surface area contributed by atoms with E-state index in [1.54, 1.807) is 12.1 Å². The van der Waals surface area contributed by atoms with Crippen LogP contribution in [0.5, 0.6) is 0 Å². The van der Waals surface area contributed by atoms with E-state index in [2.05, 4.69) is 26.6 Å². The van der Waals surface area contributed by atoms with Crippen molar-refractivity contribution in [2.24, 2.45) is 0 Å². The van der Waals surface area contributed by atoms with Gasteiger partial charge in [0.25, 0.3) is 5.69 Å². The number of carboxylic acid groups (broad SMARTS) is 1. The van der Waals surface area contributed by atoms with Crippen LogP contribution in [0.2, 0.25) is 0 Å². The molecule has 8 nitrogen and oxygen atoms in total. The van der Waals surface area contributed by atoms with Crippen LogP contribution in [0.25, 0.3) is 6.08 Å². The average Bonchev–Trinajstić information content (AvgIpc) is 2.61. The van der Waals surface area contributed by atoms with Crippen molar-refractivity contribution >= 4 is 62.6 Å². The zero-order valence-electron chi connectivity index (χ0n) is 13.5. The summed E-state index contributed by atoms with van der Waals surface area (Å²) in [7, 11) is 0. The first-order chi connectivity index (χ1) is 12.8. The van der Waals surface area contributed by atoms with Gasteiger partial charge < -0.3 is 10.4 Å². The van der Waals surface area contributed by atoms with Gasteiger partial charge in [0.2, 0.25) is 5.91 Å². The van der Waals surface area contributed by atoms with Crippen molar-refractivity contribution in [2.75, 3.05) is 5.32 Å². The van der Waals surface area contributed by atoms with E-state index < -0.39 is 16.8 Å². The smallest absolute Gasteiger partial charge is 0.337 e. The molecule has 1 amide bonds. The molecular weight excluding hydrogens is 438 g/mol. The molecule has 0 radical (unpaired) electrons. The maximum atomic E-state index is 11.9. The van der Waals surface area contributed by atoms with E-state index in [4.69, 9.17) is 12.2 Å². The average molecular weight is 450 g/mol. The van der Waals surface area contributed by atoms with Gasteiger partial charge in [-0.1, -0.05) is 28.1 Å². The molecule has 10 heteroatoms. The number of nitrogens with zero attached hydrogens (tertiary/aromatic N) is 1. The van der Waals surface area contributed by atoms with E-state index in [-0.39, 0.29) is 22.1 Å². The van der Waals surface area contributed by atoms with Crippen LogP contribution in [-0.2, 0) is 4.79 Å². The number of nitrogens with one attached hydrogen (secondary N) is 2. The highest BCUT2D eigenvalue weighted by Gasteiger charge is 2.12. The Labute approximate surface area is 167 Å². The number of carboxylic acids is 1. The second kappa shape index (κ2) is 9.01. The highest BCUT2D eigenvalue weighted by molar-refractivity contribution is 9.10. The quantitative estimate of drug-likeness (QED) is 0.276. The van der Waals surface area contributed by atoms with Crippen LogP contribution in [0.4, 0.5) is 11.4 Å². The molecule has 0 aliphatic heterocycles. The maximum absolute atomic E-state index is 11.9. The number of thiocarbonyl (C=S) groups is 1. The predicted molar refractivity (Wildman–Crippen MR) is 108 cm³/mol. The zero-order valence-corrected chi connectivity index (χ0v) is 15.9. The Hall–Kier alpha value is -3.11. The van der Waals surface area contributed by atoms with E-state index in [0.29, 0.717) is 10.0 Å². The van der Waals surface area contributed by atoms with Gasteiger partial charge in [-0.05, 0) is 42.1 Å². The normalized spacial score (nSPS) is 10.4. The molecule has 27 heavy (non-hydrogen) atoms. The number of halogens is 1. The molecule has 0 saturated heterocycles. The number of hydrogen-bond acceptors (Lipinski definition) is 5. The summed E-state index contributed by atoms with van der Waals surface area (Å²) in [5, 5.41) is 24.9. The van der Waals surface area contributed by atoms with Crippen LogP contribution in [0.15, 0.2) is 53.0 Å². The number of aromatic carboxylic acids is 1. The number of amides is 1. The molecule has 0 spiro atoms. The van der Waals surface area contributed by atoms with Crippen molar-refractivity contribution in [1.29, 1.82) is 0 Å². The molecule has 0 aliphatic carbocycles. The highest BCUT2D eigenvalue weighted by atomic mass is 79.9. The maximum Gasteiger partial charge on any atom is 0.337 e. The van der Waals surface area contributed by atoms with E-state index in [9.17, 15) is 24.8 Å². The lowest BCUT2D eigenvalue weighted by Gasteiger charge is -2.11. The Morgan fingerprint density at radius 3 is 2.63 bits per heavy atom. The fourth-order valence-electron chi connectivity index (χ4n) is 2.02. The SMILES string of the molecule is O=C(/C=C/c1cccc([N+](=O)[O-])c1)NC(=S)Nc1ccc(Br)cc1C(=O)O. The molecule has 0 heterocycles. The Bertz CT molecular complexity index is 961. The molecule has 2 aromatic carbocycles. The number of carbonyl (C=O) groups is 2. The molecule has 0 aliphatic rings. The molecule has 0 saturated carbocycles. The zero-order chi connectivity index (χ0) is 20.0. The number of anilines is 1. The first kappa shape index (κ1) is 20.2. The summed E-state index contributed by atoms with van der Waals surface area (Å²) in [6.07, 6.45) is 2.56. The number of nitro groups is 1. The fourth-order valence-corrected chi connectivity index (χ4v) is 2.60. The molecular formula is C17H12BrN3O5S. The lowest BCUT2D eigenvalue weighted by molar-refractivity contribution is -0.384. The van der Waals surface area contributed by atoms with Gasteiger partial charge in [-0.15, -0.1) is 0 Å². The third-order valence-electron chi connectivity index (χ3n) is 3.21. The molecule has 0 atom stereocenters. The molecule has 138 valence electrons. The summed E-state index contributed by atoms with van der Waals surface area (Å²) < 4.78 is 0.584. The van der Waals surface area contributed by atoms with Gasteiger partial charge in [-0.2, -0.15) is 0 Å². The van der Waals surface area contributed by atoms with Crippen LogP contribution >= 0.6 is 28.1 Å². The number of carbonyl (C=O) groups excluding carboxylic acids is 1. The number of hydrogen-bond donors (Lipinski definition) is 3. The van der Waals surface area contributed by atoms with Gasteiger partial charge >= 0.3 is 5.97 Å². The summed E-state index contributed by atoms with van der Waals surface area (Å²) in [5.41, 5.74) is 0.581. The van der Waals surface area contributed by atoms with Crippen LogP contribution < -0.4 is 10.6 Å². The van der Waals surface area contributed by atoms with E-state index in [0.717, 1.165) is 6.08 Å². The van der Waals surface area contributed by atoms with Crippen molar-refractivity contribution in [3.05, 3.63) is 74.3 Å². The van der Waals surface area contributed by atoms with E-state index >= 15 is 0 Å². The second-order valence-electron chi connectivity index (χ2n) is 5.12. The first-order valence-electron chi connectivity index (χ1n) is 7.33. The minimum absolute atomic E-state index is 0.0203. The Balaban J connectivity index is 2.02. The van der Waals surface area contributed by atoms with Crippen molar-refractivity contribution in [2.45, 2.75) is 0 Å². The van der Waals surface area contributed by atoms with Crippen molar-refractivity contribution in [3.8, 4) is 0 Å². The predicted octanol–water partition coefficient (Wildman–Crippen LogP) is 3.58. The van der Waals surface area contributed by atoms with Gasteiger partial charge in [0, 0.05) is 22.7 Å². The third kappa shape index (κ3) is 5.97. The number of benzene rings is 2. The Kier molecular flexibility index (Phi) is 6.74. The second-order valence-corrected chi connectivity index (χ2v) is 6.45. The van der Waals surface area contributed by atoms with Gasteiger partial charge in [-0.3, -0.25) is 20.2 Å². The van der Waals surface area contributed by atoms with Crippen molar-refractivity contribution in [3.63, 3.8) is 0 Å². The first-order valence-corrected chi connectivity index (χ1v) is 8.54. The summed E-state index contributed by atoms with van der Waals surface area (Å²) in [6.45, 7) is 0. The topological polar surface area (TPSA) is 122 Å². The van der Waals surface area contributed by atoms with Crippen molar-refractivity contribution < 1.29 is 19.6 Å². The summed E-state index contributed by atoms with van der Waals surface area (Å²) in [6, 6.07) is 10.3. The van der Waals surface area contributed by atoms with Crippen molar-refractivity contribution in [1.82, 2.24) is 5.32 Å². The van der Waals surface area contributed by atoms with E-state index in [1.165, 1.54) is 36.4 Å². The van der Waals surface area contributed by atoms with Crippen LogP contribution in [0.3, 0.4) is 0 Å². The molecule has 0 unspecified atom stereocenters. The highest BCUT2D eigenvalue weighted by Crippen LogP contribution is 2.21. The largest absolute Gasteiger partial charge is 0.478 e. The molecule has 0 fully saturated rings.